The number of ether oxygens (including phenoxy) is 1. The first-order valence-electron chi connectivity index (χ1n) is 16.1. The van der Waals surface area contributed by atoms with Crippen molar-refractivity contribution in [2.45, 2.75) is 62.9 Å². The van der Waals surface area contributed by atoms with Crippen molar-refractivity contribution < 1.29 is 22.7 Å². The molecule has 3 aromatic rings. The zero-order chi connectivity index (χ0) is 32.0. The molecular formula is C34H36F3N7O2. The molecule has 7 rings (SSSR count). The number of carbonyl (C=O) groups is 1. The number of rotatable bonds is 7. The minimum atomic E-state index is -1.10. The van der Waals surface area contributed by atoms with Crippen LogP contribution < -0.4 is 9.64 Å². The lowest BCUT2D eigenvalue weighted by atomic mass is 9.87. The summed E-state index contributed by atoms with van der Waals surface area (Å²) in [5.74, 6) is -3.30. The highest BCUT2D eigenvalue weighted by Gasteiger charge is 2.45. The van der Waals surface area contributed by atoms with Gasteiger partial charge in [0, 0.05) is 43.0 Å². The summed E-state index contributed by atoms with van der Waals surface area (Å²) in [7, 11) is 0. The van der Waals surface area contributed by atoms with E-state index < -0.39 is 29.4 Å². The number of hydrogen-bond acceptors (Lipinski definition) is 7. The van der Waals surface area contributed by atoms with Crippen molar-refractivity contribution in [3.8, 4) is 17.1 Å². The fourth-order valence-electron chi connectivity index (χ4n) is 7.98. The topological polar surface area (TPSA) is 79.1 Å². The second-order valence-electron chi connectivity index (χ2n) is 12.9. The van der Waals surface area contributed by atoms with Crippen LogP contribution in [0.1, 0.15) is 49.7 Å². The van der Waals surface area contributed by atoms with E-state index in [2.05, 4.69) is 26.3 Å². The Morgan fingerprint density at radius 2 is 1.87 bits per heavy atom. The molecule has 3 aliphatic heterocycles. The van der Waals surface area contributed by atoms with Crippen LogP contribution in [-0.4, -0.2) is 88.1 Å². The van der Waals surface area contributed by atoms with Crippen LogP contribution in [0.3, 0.4) is 0 Å². The second kappa shape index (κ2) is 12.2. The molecule has 0 saturated carbocycles. The summed E-state index contributed by atoms with van der Waals surface area (Å²) in [6.45, 7) is 13.2. The van der Waals surface area contributed by atoms with Gasteiger partial charge in [-0.1, -0.05) is 6.58 Å². The predicted octanol–water partition coefficient (Wildman–Crippen LogP) is 5.28. The zero-order valence-corrected chi connectivity index (χ0v) is 25.7. The van der Waals surface area contributed by atoms with E-state index in [-0.39, 0.29) is 60.0 Å². The van der Waals surface area contributed by atoms with E-state index in [4.69, 9.17) is 16.3 Å². The van der Waals surface area contributed by atoms with Crippen LogP contribution in [0.5, 0.6) is 6.01 Å². The highest BCUT2D eigenvalue weighted by molar-refractivity contribution is 5.95. The Morgan fingerprint density at radius 3 is 2.63 bits per heavy atom. The lowest BCUT2D eigenvalue weighted by Gasteiger charge is -2.39. The minimum absolute atomic E-state index is 0.0160. The molecular weight excluding hydrogens is 595 g/mol. The first-order chi connectivity index (χ1) is 22.3. The molecule has 4 aliphatic rings. The van der Waals surface area contributed by atoms with Crippen LogP contribution in [0.4, 0.5) is 19.0 Å². The Morgan fingerprint density at radius 1 is 1.09 bits per heavy atom. The third-order valence-corrected chi connectivity index (χ3v) is 10.2. The zero-order valence-electron chi connectivity index (χ0n) is 25.7. The lowest BCUT2D eigenvalue weighted by molar-refractivity contribution is -0.131. The van der Waals surface area contributed by atoms with E-state index in [1.54, 1.807) is 11.1 Å². The number of carbonyl (C=O) groups excluding carboxylic acids is 1. The first kappa shape index (κ1) is 30.4. The van der Waals surface area contributed by atoms with Crippen LogP contribution in [0.2, 0.25) is 0 Å². The summed E-state index contributed by atoms with van der Waals surface area (Å²) >= 11 is 0. The minimum Gasteiger partial charge on any atom is -0.461 e. The summed E-state index contributed by atoms with van der Waals surface area (Å²) in [6.07, 6.45) is 10.9. The van der Waals surface area contributed by atoms with Crippen LogP contribution >= 0.6 is 0 Å². The van der Waals surface area contributed by atoms with Gasteiger partial charge in [-0.05, 0) is 81.6 Å². The Labute approximate surface area is 265 Å². The van der Waals surface area contributed by atoms with Gasteiger partial charge in [-0.25, -0.2) is 19.7 Å². The summed E-state index contributed by atoms with van der Waals surface area (Å²) in [4.78, 5) is 35.1. The number of aromatic nitrogens is 3. The van der Waals surface area contributed by atoms with Crippen LogP contribution in [-0.2, 0) is 17.6 Å². The molecule has 12 heteroatoms. The predicted molar refractivity (Wildman–Crippen MR) is 167 cm³/mol. The normalized spacial score (nSPS) is 20.8. The van der Waals surface area contributed by atoms with E-state index in [1.165, 1.54) is 17.2 Å². The molecule has 2 aromatic heterocycles. The van der Waals surface area contributed by atoms with Crippen molar-refractivity contribution in [2.75, 3.05) is 50.8 Å². The fourth-order valence-corrected chi connectivity index (χ4v) is 7.98. The number of aryl methyl sites for hydroxylation is 1. The van der Waals surface area contributed by atoms with Gasteiger partial charge >= 0.3 is 6.01 Å². The van der Waals surface area contributed by atoms with Crippen molar-refractivity contribution in [1.29, 1.82) is 0 Å². The van der Waals surface area contributed by atoms with Gasteiger partial charge < -0.3 is 19.4 Å². The average molecular weight is 632 g/mol. The summed E-state index contributed by atoms with van der Waals surface area (Å²) in [6, 6.07) is 0.562. The van der Waals surface area contributed by atoms with Crippen molar-refractivity contribution >= 4 is 22.6 Å². The molecule has 5 heterocycles. The van der Waals surface area contributed by atoms with E-state index >= 15 is 8.78 Å². The van der Waals surface area contributed by atoms with Crippen molar-refractivity contribution in [3.05, 3.63) is 65.0 Å². The van der Waals surface area contributed by atoms with Gasteiger partial charge in [0.15, 0.2) is 11.6 Å². The van der Waals surface area contributed by atoms with Gasteiger partial charge in [0.05, 0.1) is 11.1 Å². The van der Waals surface area contributed by atoms with Crippen molar-refractivity contribution in [2.24, 2.45) is 0 Å². The Balaban J connectivity index is 1.33. The van der Waals surface area contributed by atoms with E-state index in [0.717, 1.165) is 69.2 Å². The quantitative estimate of drug-likeness (QED) is 0.260. The second-order valence-corrected chi connectivity index (χ2v) is 12.9. The molecule has 3 fully saturated rings. The molecule has 0 spiro atoms. The smallest absolute Gasteiger partial charge is 0.319 e. The molecule has 1 atom stereocenters. The fraction of sp³-hybridized carbons (Fsp3) is 0.500. The molecule has 1 amide bonds. The molecule has 1 aromatic carbocycles. The van der Waals surface area contributed by atoms with Gasteiger partial charge in [-0.3, -0.25) is 14.7 Å². The number of anilines is 1. The monoisotopic (exact) mass is 631 g/mol. The number of fused-ring (bicyclic) bond motifs is 3. The number of benzene rings is 1. The maximum absolute atomic E-state index is 16.7. The summed E-state index contributed by atoms with van der Waals surface area (Å²) in [5, 5.41) is 0.154. The third-order valence-electron chi connectivity index (χ3n) is 10.2. The van der Waals surface area contributed by atoms with Gasteiger partial charge in [0.1, 0.15) is 29.8 Å². The van der Waals surface area contributed by atoms with Crippen LogP contribution in [0, 0.1) is 18.2 Å². The average Bonchev–Trinajstić information content (AvgIpc) is 3.64. The molecule has 0 unspecified atom stereocenters. The number of piperazine rings is 1. The van der Waals surface area contributed by atoms with Gasteiger partial charge in [-0.15, -0.1) is 0 Å². The first-order valence-corrected chi connectivity index (χ1v) is 16.1. The van der Waals surface area contributed by atoms with Gasteiger partial charge in [0.25, 0.3) is 5.91 Å². The SMILES string of the molecule is [C-]#[N+]C[C@H]1CN(c2nc(OCC34CCCN3CCC4)nc3c(F)c(-c4cncc5c4CCCC5)c(F)cc23)CCN1C(=O)C(=C)F. The molecule has 0 radical (unpaired) electrons. The number of pyridine rings is 1. The van der Waals surface area contributed by atoms with Crippen LogP contribution in [0.25, 0.3) is 26.9 Å². The maximum atomic E-state index is 16.7. The van der Waals surface area contributed by atoms with Crippen LogP contribution in [0.15, 0.2) is 30.9 Å². The largest absolute Gasteiger partial charge is 0.461 e. The molecule has 3 saturated heterocycles. The van der Waals surface area contributed by atoms with E-state index in [0.29, 0.717) is 18.6 Å². The number of halogens is 3. The summed E-state index contributed by atoms with van der Waals surface area (Å²) in [5.41, 5.74) is 1.98. The molecule has 0 bridgehead atoms. The maximum Gasteiger partial charge on any atom is 0.319 e. The molecule has 46 heavy (non-hydrogen) atoms. The molecule has 240 valence electrons. The van der Waals surface area contributed by atoms with E-state index in [9.17, 15) is 9.18 Å². The van der Waals surface area contributed by atoms with Gasteiger partial charge in [-0.2, -0.15) is 9.97 Å². The standard InChI is InChI=1S/C34H36F3N7O2/c1-21(35)32(45)44-14-13-42(19-23(44)17-38-2)31-25-15-27(36)28(26-18-39-16-22-7-3-4-8-24(22)26)29(37)30(25)40-33(41-31)46-20-34-9-5-11-43(34)12-6-10-34/h15-16,18,23H,1,3-14,17,19-20H2/t23-/m0/s1. The Bertz CT molecular complexity index is 1750. The number of hydrogen-bond donors (Lipinski definition) is 0. The van der Waals surface area contributed by atoms with E-state index in [1.807, 2.05) is 0 Å². The Hall–Kier alpha value is -4.24. The van der Waals surface area contributed by atoms with Gasteiger partial charge in [0.2, 0.25) is 6.54 Å². The lowest BCUT2D eigenvalue weighted by Crippen LogP contribution is -2.56. The van der Waals surface area contributed by atoms with Crippen molar-refractivity contribution in [3.63, 3.8) is 0 Å². The third kappa shape index (κ3) is 5.24. The Kier molecular flexibility index (Phi) is 8.05. The van der Waals surface area contributed by atoms with Crippen molar-refractivity contribution in [1.82, 2.24) is 24.8 Å². The molecule has 0 N–H and O–H groups in total. The molecule has 1 aliphatic carbocycles. The highest BCUT2D eigenvalue weighted by Crippen LogP contribution is 2.41. The summed E-state index contributed by atoms with van der Waals surface area (Å²) < 4.78 is 53.0. The number of amides is 1. The highest BCUT2D eigenvalue weighted by atomic mass is 19.1. The molecule has 9 nitrogen and oxygen atoms in total. The number of nitrogens with zero attached hydrogens (tertiary/aromatic N) is 7.